The number of carbonyl (C=O) groups is 2. The number of rotatable bonds is 4. The van der Waals surface area contributed by atoms with E-state index in [9.17, 15) is 19.8 Å². The molecule has 1 aliphatic heterocycles. The van der Waals surface area contributed by atoms with Gasteiger partial charge in [-0.05, 0) is 29.8 Å². The molecule has 6 heteroatoms. The number of hydrogen-bond acceptors (Lipinski definition) is 4. The van der Waals surface area contributed by atoms with E-state index in [2.05, 4.69) is 0 Å². The Morgan fingerprint density at radius 1 is 1.04 bits per heavy atom. The number of benzene rings is 2. The van der Waals surface area contributed by atoms with Gasteiger partial charge in [-0.3, -0.25) is 9.59 Å². The molecule has 5 nitrogen and oxygen atoms in total. The summed E-state index contributed by atoms with van der Waals surface area (Å²) in [6.45, 7) is -0.279. The van der Waals surface area contributed by atoms with Gasteiger partial charge in [0.05, 0.1) is 18.2 Å². The molecule has 2 aromatic carbocycles. The Morgan fingerprint density at radius 3 is 2.28 bits per heavy atom. The molecule has 1 atom stereocenters. The van der Waals surface area contributed by atoms with Crippen LogP contribution in [0.2, 0.25) is 5.02 Å². The third kappa shape index (κ3) is 3.16. The zero-order valence-electron chi connectivity index (χ0n) is 13.2. The van der Waals surface area contributed by atoms with Gasteiger partial charge in [0.1, 0.15) is 5.76 Å². The lowest BCUT2D eigenvalue weighted by molar-refractivity contribution is -0.140. The van der Waals surface area contributed by atoms with E-state index < -0.39 is 17.7 Å². The number of likely N-dealkylation sites (tertiary alicyclic amines) is 1. The molecule has 0 bridgehead atoms. The van der Waals surface area contributed by atoms with Crippen LogP contribution in [0.1, 0.15) is 17.2 Å². The quantitative estimate of drug-likeness (QED) is 0.501. The Kier molecular flexibility index (Phi) is 4.88. The van der Waals surface area contributed by atoms with E-state index in [1.54, 1.807) is 48.5 Å². The van der Waals surface area contributed by atoms with Crippen LogP contribution in [0, 0.1) is 0 Å². The number of halogens is 1. The van der Waals surface area contributed by atoms with Gasteiger partial charge in [0.25, 0.3) is 11.7 Å². The molecule has 0 radical (unpaired) electrons. The third-order valence-electron chi connectivity index (χ3n) is 4.11. The first-order valence-electron chi connectivity index (χ1n) is 7.74. The average Bonchev–Trinajstić information content (AvgIpc) is 2.88. The summed E-state index contributed by atoms with van der Waals surface area (Å²) in [4.78, 5) is 26.2. The number of carbonyl (C=O) groups excluding carboxylic acids is 2. The maximum atomic E-state index is 12.5. The van der Waals surface area contributed by atoms with E-state index in [4.69, 9.17) is 11.6 Å². The van der Waals surface area contributed by atoms with E-state index in [1.165, 1.54) is 4.90 Å². The lowest BCUT2D eigenvalue weighted by Crippen LogP contribution is -2.32. The molecule has 128 valence electrons. The van der Waals surface area contributed by atoms with E-state index in [1.807, 2.05) is 6.07 Å². The molecule has 0 aromatic heterocycles. The molecular weight excluding hydrogens is 342 g/mol. The monoisotopic (exact) mass is 357 g/mol. The Labute approximate surface area is 149 Å². The largest absolute Gasteiger partial charge is 0.507 e. The molecule has 0 aliphatic carbocycles. The van der Waals surface area contributed by atoms with E-state index in [0.29, 0.717) is 16.1 Å². The predicted octanol–water partition coefficient (Wildman–Crippen LogP) is 2.75. The van der Waals surface area contributed by atoms with Crippen molar-refractivity contribution in [2.45, 2.75) is 6.04 Å². The maximum absolute atomic E-state index is 12.5. The highest BCUT2D eigenvalue weighted by Gasteiger charge is 2.45. The van der Waals surface area contributed by atoms with Gasteiger partial charge in [0.15, 0.2) is 0 Å². The van der Waals surface area contributed by atoms with Gasteiger partial charge in [0, 0.05) is 17.1 Å². The van der Waals surface area contributed by atoms with E-state index in [-0.39, 0.29) is 24.5 Å². The minimum atomic E-state index is -0.769. The fourth-order valence-electron chi connectivity index (χ4n) is 2.96. The van der Waals surface area contributed by atoms with Crippen molar-refractivity contribution < 1.29 is 19.8 Å². The summed E-state index contributed by atoms with van der Waals surface area (Å²) < 4.78 is 0. The number of nitrogens with zero attached hydrogens (tertiary/aromatic N) is 1. The van der Waals surface area contributed by atoms with Gasteiger partial charge in [-0.2, -0.15) is 0 Å². The second-order valence-corrected chi connectivity index (χ2v) is 6.07. The normalized spacial score (nSPS) is 19.4. The Hall–Kier alpha value is -2.63. The van der Waals surface area contributed by atoms with Crippen molar-refractivity contribution in [2.24, 2.45) is 0 Å². The molecule has 2 N–H and O–H groups in total. The van der Waals surface area contributed by atoms with Gasteiger partial charge in [-0.1, -0.05) is 41.9 Å². The van der Waals surface area contributed by atoms with Crippen LogP contribution in [-0.2, 0) is 9.59 Å². The number of aliphatic hydroxyl groups is 2. The third-order valence-corrected chi connectivity index (χ3v) is 4.37. The van der Waals surface area contributed by atoms with Crippen LogP contribution < -0.4 is 0 Å². The van der Waals surface area contributed by atoms with Crippen molar-refractivity contribution in [3.05, 3.63) is 76.3 Å². The molecule has 1 fully saturated rings. The van der Waals surface area contributed by atoms with Crippen LogP contribution in [0.3, 0.4) is 0 Å². The second-order valence-electron chi connectivity index (χ2n) is 5.63. The number of ketones is 1. The van der Waals surface area contributed by atoms with Crippen molar-refractivity contribution in [1.29, 1.82) is 0 Å². The van der Waals surface area contributed by atoms with Crippen LogP contribution >= 0.6 is 11.6 Å². The predicted molar refractivity (Wildman–Crippen MR) is 94.0 cm³/mol. The van der Waals surface area contributed by atoms with E-state index in [0.717, 1.165) is 0 Å². The second kappa shape index (κ2) is 7.09. The summed E-state index contributed by atoms with van der Waals surface area (Å²) in [7, 11) is 0. The van der Waals surface area contributed by atoms with Gasteiger partial charge in [-0.15, -0.1) is 0 Å². The van der Waals surface area contributed by atoms with E-state index >= 15 is 0 Å². The summed E-state index contributed by atoms with van der Waals surface area (Å²) in [6, 6.07) is 14.6. The molecule has 25 heavy (non-hydrogen) atoms. The van der Waals surface area contributed by atoms with Crippen LogP contribution in [0.15, 0.2) is 60.2 Å². The molecule has 2 aromatic rings. The fraction of sp³-hybridized carbons (Fsp3) is 0.158. The minimum absolute atomic E-state index is 0.00152. The van der Waals surface area contributed by atoms with Crippen molar-refractivity contribution >= 4 is 29.1 Å². The van der Waals surface area contributed by atoms with Crippen molar-refractivity contribution in [1.82, 2.24) is 4.90 Å². The Morgan fingerprint density at radius 2 is 1.68 bits per heavy atom. The molecule has 1 amide bonds. The molecule has 0 unspecified atom stereocenters. The fourth-order valence-corrected chi connectivity index (χ4v) is 3.09. The molecule has 1 saturated heterocycles. The van der Waals surface area contributed by atoms with Crippen LogP contribution in [0.4, 0.5) is 0 Å². The number of amides is 1. The molecule has 1 aliphatic rings. The molecule has 1 heterocycles. The zero-order chi connectivity index (χ0) is 18.0. The number of aliphatic hydroxyl groups excluding tert-OH is 2. The van der Waals surface area contributed by atoms with Crippen LogP contribution in [-0.4, -0.2) is 40.0 Å². The molecule has 0 spiro atoms. The molecule has 0 saturated carbocycles. The minimum Gasteiger partial charge on any atom is -0.507 e. The first kappa shape index (κ1) is 17.2. The first-order valence-corrected chi connectivity index (χ1v) is 8.12. The summed E-state index contributed by atoms with van der Waals surface area (Å²) in [5, 5.41) is 20.5. The smallest absolute Gasteiger partial charge is 0.295 e. The Balaban J connectivity index is 2.17. The highest BCUT2D eigenvalue weighted by atomic mass is 35.5. The lowest BCUT2D eigenvalue weighted by Gasteiger charge is -2.24. The van der Waals surface area contributed by atoms with Gasteiger partial charge >= 0.3 is 0 Å². The standard InChI is InChI=1S/C19H16ClNO4/c20-14-8-6-13(7-9-14)17(23)15-16(12-4-2-1-3-5-12)21(10-11-22)19(25)18(15)24/h1-9,16,22-23H,10-11H2/t16-/m0/s1. The highest BCUT2D eigenvalue weighted by Crippen LogP contribution is 2.39. The molecular formula is C19H16ClNO4. The highest BCUT2D eigenvalue weighted by molar-refractivity contribution is 6.46. The maximum Gasteiger partial charge on any atom is 0.295 e. The van der Waals surface area contributed by atoms with Gasteiger partial charge < -0.3 is 15.1 Å². The average molecular weight is 358 g/mol. The van der Waals surface area contributed by atoms with Crippen molar-refractivity contribution in [2.75, 3.05) is 13.2 Å². The number of Topliss-reactive ketones (excluding diaryl/α,β-unsaturated/α-hetero) is 1. The van der Waals surface area contributed by atoms with Crippen LogP contribution in [0.25, 0.3) is 5.76 Å². The SMILES string of the molecule is O=C1C(=O)N(CCO)[C@@H](c2ccccc2)C1=C(O)c1ccc(Cl)cc1. The summed E-state index contributed by atoms with van der Waals surface area (Å²) in [6.07, 6.45) is 0. The number of hydrogen-bond donors (Lipinski definition) is 2. The summed E-state index contributed by atoms with van der Waals surface area (Å²) >= 11 is 5.86. The zero-order valence-corrected chi connectivity index (χ0v) is 14.0. The van der Waals surface area contributed by atoms with Crippen molar-refractivity contribution in [3.8, 4) is 0 Å². The topological polar surface area (TPSA) is 77.8 Å². The van der Waals surface area contributed by atoms with Gasteiger partial charge in [0.2, 0.25) is 0 Å². The molecule has 3 rings (SSSR count). The van der Waals surface area contributed by atoms with Crippen LogP contribution in [0.5, 0.6) is 0 Å². The summed E-state index contributed by atoms with van der Waals surface area (Å²) in [5.74, 6) is -1.77. The Bertz CT molecular complexity index is 830. The lowest BCUT2D eigenvalue weighted by atomic mass is 9.95. The summed E-state index contributed by atoms with van der Waals surface area (Å²) in [5.41, 5.74) is 1.09. The number of β-amino-alcohol motifs (C(OH)–C–C–N with tert-alkyl or cyclic N) is 1. The van der Waals surface area contributed by atoms with Gasteiger partial charge in [-0.25, -0.2) is 0 Å². The first-order chi connectivity index (χ1) is 12.0. The van der Waals surface area contributed by atoms with Crippen molar-refractivity contribution in [3.63, 3.8) is 0 Å².